The number of rotatable bonds is 4. The van der Waals surface area contributed by atoms with Gasteiger partial charge in [0.2, 0.25) is 0 Å². The monoisotopic (exact) mass is 352 g/mol. The van der Waals surface area contributed by atoms with Crippen LogP contribution < -0.4 is 5.32 Å². The van der Waals surface area contributed by atoms with Gasteiger partial charge in [0, 0.05) is 44.3 Å². The average Bonchev–Trinajstić information content (AvgIpc) is 2.67. The van der Waals surface area contributed by atoms with Crippen LogP contribution in [0.15, 0.2) is 42.7 Å². The standard InChI is InChI=1S/C20H24N4O2/c1-3-23-7-9-24(10-8-23)20(26)17-12-16(13-21-14-17)19(25)22-18-6-4-5-15(2)11-18/h4-6,11-14H,3,7-10H2,1-2H3,(H,22,25). The largest absolute Gasteiger partial charge is 0.336 e. The number of hydrogen-bond donors (Lipinski definition) is 1. The van der Waals surface area contributed by atoms with E-state index in [0.29, 0.717) is 24.2 Å². The number of nitrogens with one attached hydrogen (secondary N) is 1. The van der Waals surface area contributed by atoms with E-state index in [-0.39, 0.29) is 11.8 Å². The Bertz CT molecular complexity index is 798. The summed E-state index contributed by atoms with van der Waals surface area (Å²) in [6.45, 7) is 8.25. The Morgan fingerprint density at radius 3 is 2.50 bits per heavy atom. The van der Waals surface area contributed by atoms with Gasteiger partial charge in [-0.1, -0.05) is 19.1 Å². The van der Waals surface area contributed by atoms with Gasteiger partial charge in [-0.2, -0.15) is 0 Å². The van der Waals surface area contributed by atoms with Crippen LogP contribution in [0.5, 0.6) is 0 Å². The Morgan fingerprint density at radius 2 is 1.81 bits per heavy atom. The zero-order chi connectivity index (χ0) is 18.5. The summed E-state index contributed by atoms with van der Waals surface area (Å²) in [5.74, 6) is -0.341. The average molecular weight is 352 g/mol. The van der Waals surface area contributed by atoms with Crippen LogP contribution in [-0.4, -0.2) is 59.3 Å². The van der Waals surface area contributed by atoms with Crippen molar-refractivity contribution < 1.29 is 9.59 Å². The SMILES string of the molecule is CCN1CCN(C(=O)c2cncc(C(=O)Nc3cccc(C)c3)c2)CC1. The van der Waals surface area contributed by atoms with E-state index >= 15 is 0 Å². The van der Waals surface area contributed by atoms with Gasteiger partial charge in [0.15, 0.2) is 0 Å². The number of benzene rings is 1. The first-order chi connectivity index (χ1) is 12.6. The minimum atomic E-state index is -0.270. The van der Waals surface area contributed by atoms with Gasteiger partial charge in [0.05, 0.1) is 11.1 Å². The number of amides is 2. The van der Waals surface area contributed by atoms with Crippen LogP contribution in [0.3, 0.4) is 0 Å². The molecule has 0 unspecified atom stereocenters. The maximum absolute atomic E-state index is 12.7. The fourth-order valence-corrected chi connectivity index (χ4v) is 3.06. The van der Waals surface area contributed by atoms with Crippen molar-refractivity contribution >= 4 is 17.5 Å². The number of carbonyl (C=O) groups is 2. The highest BCUT2D eigenvalue weighted by Gasteiger charge is 2.22. The van der Waals surface area contributed by atoms with E-state index in [9.17, 15) is 9.59 Å². The van der Waals surface area contributed by atoms with Crippen molar-refractivity contribution in [3.63, 3.8) is 0 Å². The molecule has 3 rings (SSSR count). The highest BCUT2D eigenvalue weighted by molar-refractivity contribution is 6.05. The Morgan fingerprint density at radius 1 is 1.08 bits per heavy atom. The molecule has 2 amide bonds. The predicted octanol–water partition coefficient (Wildman–Crippen LogP) is 2.42. The molecule has 0 spiro atoms. The summed E-state index contributed by atoms with van der Waals surface area (Å²) in [7, 11) is 0. The van der Waals surface area contributed by atoms with Crippen molar-refractivity contribution in [2.75, 3.05) is 38.0 Å². The number of carbonyl (C=O) groups excluding carboxylic acids is 2. The number of piperazine rings is 1. The lowest BCUT2D eigenvalue weighted by Crippen LogP contribution is -2.48. The van der Waals surface area contributed by atoms with Gasteiger partial charge in [-0.25, -0.2) is 0 Å². The zero-order valence-electron chi connectivity index (χ0n) is 15.2. The third-order valence-electron chi connectivity index (χ3n) is 4.63. The topological polar surface area (TPSA) is 65.5 Å². The van der Waals surface area contributed by atoms with Crippen LogP contribution >= 0.6 is 0 Å². The van der Waals surface area contributed by atoms with Crippen LogP contribution in [0, 0.1) is 6.92 Å². The second-order valence-corrected chi connectivity index (χ2v) is 6.51. The Labute approximate surface area is 153 Å². The quantitative estimate of drug-likeness (QED) is 0.918. The minimum absolute atomic E-state index is 0.0709. The van der Waals surface area contributed by atoms with E-state index in [4.69, 9.17) is 0 Å². The number of likely N-dealkylation sites (N-methyl/N-ethyl adjacent to an activating group) is 1. The molecule has 2 aromatic rings. The molecule has 0 saturated carbocycles. The summed E-state index contributed by atoms with van der Waals surface area (Å²) in [6.07, 6.45) is 3.01. The number of hydrogen-bond acceptors (Lipinski definition) is 4. The van der Waals surface area contributed by atoms with Crippen molar-refractivity contribution in [3.8, 4) is 0 Å². The Balaban J connectivity index is 1.69. The lowest BCUT2D eigenvalue weighted by Gasteiger charge is -2.34. The second-order valence-electron chi connectivity index (χ2n) is 6.51. The second kappa shape index (κ2) is 8.10. The number of anilines is 1. The molecule has 0 bridgehead atoms. The van der Waals surface area contributed by atoms with Crippen LogP contribution in [0.2, 0.25) is 0 Å². The van der Waals surface area contributed by atoms with Crippen molar-refractivity contribution in [3.05, 3.63) is 59.4 Å². The first-order valence-corrected chi connectivity index (χ1v) is 8.91. The fraction of sp³-hybridized carbons (Fsp3) is 0.350. The molecule has 0 radical (unpaired) electrons. The Hall–Kier alpha value is -2.73. The molecule has 1 fully saturated rings. The molecule has 1 saturated heterocycles. The molecule has 1 aliphatic heterocycles. The maximum atomic E-state index is 12.7. The molecule has 6 heteroatoms. The summed E-state index contributed by atoms with van der Waals surface area (Å²) in [5.41, 5.74) is 2.62. The summed E-state index contributed by atoms with van der Waals surface area (Å²) in [6, 6.07) is 9.20. The molecule has 2 heterocycles. The molecule has 6 nitrogen and oxygen atoms in total. The molecule has 1 aromatic heterocycles. The smallest absolute Gasteiger partial charge is 0.257 e. The van der Waals surface area contributed by atoms with Gasteiger partial charge in [-0.05, 0) is 37.2 Å². The first-order valence-electron chi connectivity index (χ1n) is 8.91. The molecular weight excluding hydrogens is 328 g/mol. The molecule has 26 heavy (non-hydrogen) atoms. The van der Waals surface area contributed by atoms with Crippen LogP contribution in [0.4, 0.5) is 5.69 Å². The number of nitrogens with zero attached hydrogens (tertiary/aromatic N) is 3. The van der Waals surface area contributed by atoms with Gasteiger partial charge in [-0.15, -0.1) is 0 Å². The van der Waals surface area contributed by atoms with E-state index in [1.807, 2.05) is 36.1 Å². The van der Waals surface area contributed by atoms with Crippen molar-refractivity contribution in [2.24, 2.45) is 0 Å². The Kier molecular flexibility index (Phi) is 5.63. The van der Waals surface area contributed by atoms with Crippen LogP contribution in [0.1, 0.15) is 33.2 Å². The lowest BCUT2D eigenvalue weighted by molar-refractivity contribution is 0.0643. The summed E-state index contributed by atoms with van der Waals surface area (Å²) in [5, 5.41) is 2.85. The van der Waals surface area contributed by atoms with E-state index in [1.54, 1.807) is 6.07 Å². The fourth-order valence-electron chi connectivity index (χ4n) is 3.06. The predicted molar refractivity (Wildman–Crippen MR) is 101 cm³/mol. The molecular formula is C20H24N4O2. The van der Waals surface area contributed by atoms with Crippen molar-refractivity contribution in [1.82, 2.24) is 14.8 Å². The van der Waals surface area contributed by atoms with Crippen LogP contribution in [-0.2, 0) is 0 Å². The first kappa shape index (κ1) is 18.1. The van der Waals surface area contributed by atoms with E-state index in [1.165, 1.54) is 12.4 Å². The molecule has 1 aliphatic rings. The van der Waals surface area contributed by atoms with E-state index in [2.05, 4.69) is 22.1 Å². The molecule has 0 aliphatic carbocycles. The number of pyridine rings is 1. The molecule has 136 valence electrons. The zero-order valence-corrected chi connectivity index (χ0v) is 15.2. The van der Waals surface area contributed by atoms with Crippen LogP contribution in [0.25, 0.3) is 0 Å². The summed E-state index contributed by atoms with van der Waals surface area (Å²) >= 11 is 0. The van der Waals surface area contributed by atoms with Crippen molar-refractivity contribution in [1.29, 1.82) is 0 Å². The minimum Gasteiger partial charge on any atom is -0.336 e. The third-order valence-corrected chi connectivity index (χ3v) is 4.63. The number of aryl methyl sites for hydroxylation is 1. The van der Waals surface area contributed by atoms with Gasteiger partial charge in [0.1, 0.15) is 0 Å². The van der Waals surface area contributed by atoms with Gasteiger partial charge < -0.3 is 15.1 Å². The number of aromatic nitrogens is 1. The molecule has 1 aromatic carbocycles. The highest BCUT2D eigenvalue weighted by atomic mass is 16.2. The van der Waals surface area contributed by atoms with Crippen molar-refractivity contribution in [2.45, 2.75) is 13.8 Å². The lowest BCUT2D eigenvalue weighted by atomic mass is 10.1. The summed E-state index contributed by atoms with van der Waals surface area (Å²) < 4.78 is 0. The maximum Gasteiger partial charge on any atom is 0.257 e. The van der Waals surface area contributed by atoms with Gasteiger partial charge in [0.25, 0.3) is 11.8 Å². The summed E-state index contributed by atoms with van der Waals surface area (Å²) in [4.78, 5) is 33.4. The molecule has 1 N–H and O–H groups in total. The van der Waals surface area contributed by atoms with E-state index in [0.717, 1.165) is 30.9 Å². The van der Waals surface area contributed by atoms with Gasteiger partial charge in [-0.3, -0.25) is 14.6 Å². The highest BCUT2D eigenvalue weighted by Crippen LogP contribution is 2.13. The van der Waals surface area contributed by atoms with Gasteiger partial charge >= 0.3 is 0 Å². The normalized spacial score (nSPS) is 14.9. The molecule has 0 atom stereocenters. The third kappa shape index (κ3) is 4.26. The van der Waals surface area contributed by atoms with E-state index < -0.39 is 0 Å².